The second-order valence-electron chi connectivity index (χ2n) is 6.75. The molecule has 3 aromatic rings. The molecule has 6 heteroatoms. The Balaban J connectivity index is 1.61. The summed E-state index contributed by atoms with van der Waals surface area (Å²) in [6.07, 6.45) is 1.95. The van der Waals surface area contributed by atoms with Gasteiger partial charge in [0, 0.05) is 12.4 Å². The van der Waals surface area contributed by atoms with Crippen LogP contribution in [0.1, 0.15) is 34.1 Å². The summed E-state index contributed by atoms with van der Waals surface area (Å²) in [5.74, 6) is 1.20. The van der Waals surface area contributed by atoms with Crippen molar-refractivity contribution in [2.75, 3.05) is 21.3 Å². The van der Waals surface area contributed by atoms with Gasteiger partial charge in [-0.05, 0) is 36.1 Å². The number of ether oxygens (including phenoxy) is 2. The topological polar surface area (TPSA) is 51.7 Å². The van der Waals surface area contributed by atoms with Gasteiger partial charge in [0.25, 0.3) is 5.91 Å². The highest BCUT2D eigenvalue weighted by Gasteiger charge is 2.30. The summed E-state index contributed by atoms with van der Waals surface area (Å²) in [5, 5.41) is 2.55. The summed E-state index contributed by atoms with van der Waals surface area (Å²) >= 11 is 1.43. The maximum Gasteiger partial charge on any atom is 0.273 e. The molecule has 0 N–H and O–H groups in total. The Morgan fingerprint density at radius 1 is 1.14 bits per heavy atom. The van der Waals surface area contributed by atoms with Gasteiger partial charge in [0.2, 0.25) is 0 Å². The van der Waals surface area contributed by atoms with Crippen molar-refractivity contribution in [2.24, 2.45) is 0 Å². The van der Waals surface area contributed by atoms with E-state index in [9.17, 15) is 4.79 Å². The van der Waals surface area contributed by atoms with Crippen LogP contribution in [0.25, 0.3) is 10.6 Å². The van der Waals surface area contributed by atoms with Gasteiger partial charge in [-0.1, -0.05) is 30.3 Å². The van der Waals surface area contributed by atoms with Crippen molar-refractivity contribution < 1.29 is 14.3 Å². The minimum atomic E-state index is -0.0638. The number of aromatic nitrogens is 1. The Morgan fingerprint density at radius 2 is 1.96 bits per heavy atom. The highest BCUT2D eigenvalue weighted by molar-refractivity contribution is 7.13. The van der Waals surface area contributed by atoms with Crippen molar-refractivity contribution >= 4 is 17.2 Å². The molecule has 1 amide bonds. The molecule has 28 heavy (non-hydrogen) atoms. The van der Waals surface area contributed by atoms with Crippen LogP contribution >= 0.6 is 11.3 Å². The zero-order chi connectivity index (χ0) is 19.7. The Bertz CT molecular complexity index is 1010. The summed E-state index contributed by atoms with van der Waals surface area (Å²) in [4.78, 5) is 19.5. The molecule has 5 nitrogen and oxygen atoms in total. The molecule has 1 heterocycles. The number of nitrogens with zero attached hydrogens (tertiary/aromatic N) is 2. The summed E-state index contributed by atoms with van der Waals surface area (Å²) in [6.45, 7) is 0. The molecule has 2 aromatic carbocycles. The molecule has 144 valence electrons. The minimum Gasteiger partial charge on any atom is -0.493 e. The zero-order valence-electron chi connectivity index (χ0n) is 16.1. The summed E-state index contributed by atoms with van der Waals surface area (Å²) in [6, 6.07) is 14.1. The first-order valence-electron chi connectivity index (χ1n) is 9.16. The van der Waals surface area contributed by atoms with Crippen LogP contribution in [0.15, 0.2) is 47.8 Å². The van der Waals surface area contributed by atoms with Gasteiger partial charge in [0.15, 0.2) is 11.5 Å². The van der Waals surface area contributed by atoms with E-state index in [-0.39, 0.29) is 11.9 Å². The van der Waals surface area contributed by atoms with E-state index in [1.54, 1.807) is 14.2 Å². The van der Waals surface area contributed by atoms with Crippen LogP contribution in [0, 0.1) is 0 Å². The number of benzene rings is 2. The number of aryl methyl sites for hydroxylation is 1. The first kappa shape index (κ1) is 18.5. The summed E-state index contributed by atoms with van der Waals surface area (Å²) in [7, 11) is 5.07. The molecule has 1 unspecified atom stereocenters. The van der Waals surface area contributed by atoms with Crippen molar-refractivity contribution in [3.63, 3.8) is 0 Å². The number of fused-ring (bicyclic) bond motifs is 1. The molecule has 0 spiro atoms. The number of amides is 1. The van der Waals surface area contributed by atoms with Gasteiger partial charge in [0.05, 0.1) is 25.8 Å². The number of hydrogen-bond acceptors (Lipinski definition) is 5. The maximum atomic E-state index is 13.1. The standard InChI is InChI=1S/C22H22N2O3S/c1-24(18-12-11-14-7-4-5-8-15(14)18)22(25)17-13-28-21(23-17)16-9-6-10-19(26-2)20(16)27-3/h4-10,13,18H,11-12H2,1-3H3. The van der Waals surface area contributed by atoms with Crippen LogP contribution in [-0.2, 0) is 6.42 Å². The van der Waals surface area contributed by atoms with Gasteiger partial charge < -0.3 is 14.4 Å². The lowest BCUT2D eigenvalue weighted by Crippen LogP contribution is -2.30. The monoisotopic (exact) mass is 394 g/mol. The van der Waals surface area contributed by atoms with Gasteiger partial charge in [-0.15, -0.1) is 11.3 Å². The molecule has 1 aromatic heterocycles. The third-order valence-corrected chi connectivity index (χ3v) is 6.12. The normalized spacial score (nSPS) is 15.2. The van der Waals surface area contributed by atoms with Crippen LogP contribution in [-0.4, -0.2) is 37.1 Å². The van der Waals surface area contributed by atoms with Crippen LogP contribution in [0.3, 0.4) is 0 Å². The fourth-order valence-corrected chi connectivity index (χ4v) is 4.63. The SMILES string of the molecule is COc1cccc(-c2nc(C(=O)N(C)C3CCc4ccccc43)cs2)c1OC. The lowest BCUT2D eigenvalue weighted by molar-refractivity contribution is 0.0725. The first-order chi connectivity index (χ1) is 13.6. The van der Waals surface area contributed by atoms with Gasteiger partial charge in [-0.25, -0.2) is 4.98 Å². The molecule has 1 aliphatic carbocycles. The van der Waals surface area contributed by atoms with E-state index >= 15 is 0 Å². The van der Waals surface area contributed by atoms with Crippen LogP contribution in [0.4, 0.5) is 0 Å². The second kappa shape index (κ2) is 7.64. The molecule has 1 atom stereocenters. The van der Waals surface area contributed by atoms with Crippen LogP contribution in [0.2, 0.25) is 0 Å². The number of thiazole rings is 1. The Labute approximate surface area is 168 Å². The van der Waals surface area contributed by atoms with Crippen molar-refractivity contribution in [1.82, 2.24) is 9.88 Å². The largest absolute Gasteiger partial charge is 0.493 e. The maximum absolute atomic E-state index is 13.1. The predicted molar refractivity (Wildman–Crippen MR) is 110 cm³/mol. The number of carbonyl (C=O) groups excluding carboxylic acids is 1. The quantitative estimate of drug-likeness (QED) is 0.635. The molecule has 4 rings (SSSR count). The van der Waals surface area contributed by atoms with Gasteiger partial charge in [-0.2, -0.15) is 0 Å². The summed E-state index contributed by atoms with van der Waals surface area (Å²) in [5.41, 5.74) is 3.84. The van der Waals surface area contributed by atoms with Gasteiger partial charge in [-0.3, -0.25) is 4.79 Å². The molecule has 0 aliphatic heterocycles. The molecular weight excluding hydrogens is 372 g/mol. The van der Waals surface area contributed by atoms with Crippen molar-refractivity contribution in [3.8, 4) is 22.1 Å². The van der Waals surface area contributed by atoms with Crippen molar-refractivity contribution in [3.05, 3.63) is 64.7 Å². The molecule has 0 bridgehead atoms. The van der Waals surface area contributed by atoms with Crippen LogP contribution < -0.4 is 9.47 Å². The van der Waals surface area contributed by atoms with Crippen LogP contribution in [0.5, 0.6) is 11.5 Å². The highest BCUT2D eigenvalue weighted by Crippen LogP contribution is 2.40. The van der Waals surface area contributed by atoms with E-state index in [2.05, 4.69) is 23.2 Å². The van der Waals surface area contributed by atoms with E-state index in [0.717, 1.165) is 23.4 Å². The van der Waals surface area contributed by atoms with E-state index in [1.165, 1.54) is 22.5 Å². The fourth-order valence-electron chi connectivity index (χ4n) is 3.81. The second-order valence-corrected chi connectivity index (χ2v) is 7.61. The Hall–Kier alpha value is -2.86. The Kier molecular flexibility index (Phi) is 5.05. The number of methoxy groups -OCH3 is 2. The lowest BCUT2D eigenvalue weighted by Gasteiger charge is -2.24. The third kappa shape index (κ3) is 3.14. The number of carbonyl (C=O) groups is 1. The van der Waals surface area contributed by atoms with Crippen molar-refractivity contribution in [1.29, 1.82) is 0 Å². The third-order valence-electron chi connectivity index (χ3n) is 5.25. The zero-order valence-corrected chi connectivity index (χ0v) is 17.0. The smallest absolute Gasteiger partial charge is 0.273 e. The van der Waals surface area contributed by atoms with E-state index in [1.807, 2.05) is 41.6 Å². The van der Waals surface area contributed by atoms with E-state index < -0.39 is 0 Å². The molecular formula is C22H22N2O3S. The summed E-state index contributed by atoms with van der Waals surface area (Å²) < 4.78 is 10.9. The Morgan fingerprint density at radius 3 is 2.75 bits per heavy atom. The molecule has 0 saturated heterocycles. The average Bonchev–Trinajstić information content (AvgIpc) is 3.39. The predicted octanol–water partition coefficient (Wildman–Crippen LogP) is 4.59. The van der Waals surface area contributed by atoms with Gasteiger partial charge >= 0.3 is 0 Å². The average molecular weight is 394 g/mol. The van der Waals surface area contributed by atoms with E-state index in [4.69, 9.17) is 9.47 Å². The highest BCUT2D eigenvalue weighted by atomic mass is 32.1. The fraction of sp³-hybridized carbons (Fsp3) is 0.273. The molecule has 1 aliphatic rings. The number of para-hydroxylation sites is 1. The van der Waals surface area contributed by atoms with Crippen molar-refractivity contribution in [2.45, 2.75) is 18.9 Å². The van der Waals surface area contributed by atoms with E-state index in [0.29, 0.717) is 17.2 Å². The first-order valence-corrected chi connectivity index (χ1v) is 10.0. The van der Waals surface area contributed by atoms with Gasteiger partial charge in [0.1, 0.15) is 10.7 Å². The number of hydrogen-bond donors (Lipinski definition) is 0. The lowest BCUT2D eigenvalue weighted by atomic mass is 10.1. The molecule has 0 fully saturated rings. The minimum absolute atomic E-state index is 0.0638. The number of rotatable bonds is 5. The molecule has 0 radical (unpaired) electrons. The molecule has 0 saturated carbocycles.